The average Bonchev–Trinajstić information content (AvgIpc) is 3.02. The number of hydrogen-bond acceptors (Lipinski definition) is 4. The molecule has 1 aliphatic heterocycles. The number of sulfone groups is 1. The molecule has 3 rings (SSSR count). The Kier molecular flexibility index (Phi) is 6.90. The highest BCUT2D eigenvalue weighted by atomic mass is 32.2. The molecule has 172 valence electrons. The molecule has 0 N–H and O–H groups in total. The maximum Gasteiger partial charge on any atom is 0.227 e. The van der Waals surface area contributed by atoms with Crippen LogP contribution in [0.1, 0.15) is 53.5 Å². The van der Waals surface area contributed by atoms with Crippen LogP contribution in [-0.2, 0) is 21.2 Å². The quantitative estimate of drug-likeness (QED) is 0.559. The third-order valence-corrected chi connectivity index (χ3v) is 8.79. The highest BCUT2D eigenvalue weighted by Crippen LogP contribution is 2.60. The van der Waals surface area contributed by atoms with Crippen molar-refractivity contribution >= 4 is 21.4 Å². The van der Waals surface area contributed by atoms with E-state index in [2.05, 4.69) is 76.8 Å². The van der Waals surface area contributed by atoms with Crippen molar-refractivity contribution in [2.24, 2.45) is 17.3 Å². The number of amides is 1. The van der Waals surface area contributed by atoms with E-state index in [9.17, 15) is 13.2 Å². The van der Waals surface area contributed by atoms with E-state index in [0.717, 1.165) is 18.7 Å². The van der Waals surface area contributed by atoms with Crippen molar-refractivity contribution < 1.29 is 13.2 Å². The number of benzene rings is 1. The monoisotopic (exact) mass is 446 g/mol. The van der Waals surface area contributed by atoms with Crippen molar-refractivity contribution in [2.45, 2.75) is 60.5 Å². The fourth-order valence-electron chi connectivity index (χ4n) is 5.00. The average molecular weight is 447 g/mol. The number of allylic oxidation sites excluding steroid dienone is 2. The van der Waals surface area contributed by atoms with Gasteiger partial charge in [0.25, 0.3) is 0 Å². The summed E-state index contributed by atoms with van der Waals surface area (Å²) in [7, 11) is -3.07. The Bertz CT molecular complexity index is 926. The maximum absolute atomic E-state index is 13.7. The molecular formula is C25H38N2O3S. The third kappa shape index (κ3) is 5.16. The third-order valence-electron chi connectivity index (χ3n) is 7.04. The normalized spacial score (nSPS) is 25.7. The molecule has 1 amide bonds. The van der Waals surface area contributed by atoms with Gasteiger partial charge in [0, 0.05) is 31.4 Å². The van der Waals surface area contributed by atoms with Gasteiger partial charge in [0.2, 0.25) is 5.91 Å². The van der Waals surface area contributed by atoms with Crippen LogP contribution in [-0.4, -0.2) is 49.9 Å². The molecule has 31 heavy (non-hydrogen) atoms. The highest BCUT2D eigenvalue weighted by Gasteiger charge is 2.61. The molecule has 1 heterocycles. The molecule has 1 aromatic rings. The molecule has 5 nitrogen and oxygen atoms in total. The molecule has 2 fully saturated rings. The van der Waals surface area contributed by atoms with E-state index in [-0.39, 0.29) is 40.7 Å². The lowest BCUT2D eigenvalue weighted by Gasteiger charge is -2.29. The first-order valence-corrected chi connectivity index (χ1v) is 13.3. The minimum Gasteiger partial charge on any atom is -0.372 e. The molecule has 0 unspecified atom stereocenters. The second-order valence-electron chi connectivity index (χ2n) is 9.93. The van der Waals surface area contributed by atoms with E-state index in [1.54, 1.807) is 0 Å². The number of carbonyl (C=O) groups excluding carboxylic acids is 1. The van der Waals surface area contributed by atoms with Crippen LogP contribution < -0.4 is 4.90 Å². The second-order valence-corrected chi connectivity index (χ2v) is 12.2. The van der Waals surface area contributed by atoms with Gasteiger partial charge in [-0.15, -0.1) is 0 Å². The van der Waals surface area contributed by atoms with Crippen LogP contribution in [0.3, 0.4) is 0 Å². The van der Waals surface area contributed by atoms with Crippen molar-refractivity contribution in [1.82, 2.24) is 4.90 Å². The number of rotatable bonds is 8. The summed E-state index contributed by atoms with van der Waals surface area (Å²) in [6.07, 6.45) is 2.73. The Balaban J connectivity index is 1.84. The fourth-order valence-corrected chi connectivity index (χ4v) is 6.73. The second kappa shape index (κ2) is 8.97. The SMILES string of the molecule is CCN(CC)c1ccc(CN(C(=O)[C@@H]2[C@@H](C=C(C)C)C2(C)C)[C@@H]2CCS(=O)(=O)C2)cc1. The topological polar surface area (TPSA) is 57.7 Å². The van der Waals surface area contributed by atoms with E-state index in [1.165, 1.54) is 11.3 Å². The first-order chi connectivity index (χ1) is 14.5. The Labute approximate surface area is 188 Å². The van der Waals surface area contributed by atoms with Crippen molar-refractivity contribution in [2.75, 3.05) is 29.5 Å². The highest BCUT2D eigenvalue weighted by molar-refractivity contribution is 7.91. The Hall–Kier alpha value is -1.82. The van der Waals surface area contributed by atoms with Crippen LogP contribution in [0.25, 0.3) is 0 Å². The molecule has 6 heteroatoms. The molecule has 1 saturated heterocycles. The molecule has 1 aromatic carbocycles. The molecule has 1 aliphatic carbocycles. The number of anilines is 1. The molecule has 0 bridgehead atoms. The van der Waals surface area contributed by atoms with Gasteiger partial charge in [-0.05, 0) is 63.1 Å². The summed E-state index contributed by atoms with van der Waals surface area (Å²) in [6, 6.07) is 8.11. The predicted molar refractivity (Wildman–Crippen MR) is 128 cm³/mol. The van der Waals surface area contributed by atoms with Gasteiger partial charge in [-0.25, -0.2) is 8.42 Å². The van der Waals surface area contributed by atoms with Gasteiger partial charge < -0.3 is 9.80 Å². The minimum atomic E-state index is -3.07. The lowest BCUT2D eigenvalue weighted by atomic mass is 10.1. The van der Waals surface area contributed by atoms with E-state index in [4.69, 9.17) is 0 Å². The van der Waals surface area contributed by atoms with Gasteiger partial charge in [-0.2, -0.15) is 0 Å². The van der Waals surface area contributed by atoms with Crippen molar-refractivity contribution in [1.29, 1.82) is 0 Å². The smallest absolute Gasteiger partial charge is 0.227 e. The van der Waals surface area contributed by atoms with Crippen LogP contribution in [0, 0.1) is 17.3 Å². The maximum atomic E-state index is 13.7. The van der Waals surface area contributed by atoms with Crippen LogP contribution in [0.2, 0.25) is 0 Å². The van der Waals surface area contributed by atoms with Gasteiger partial charge in [-0.1, -0.05) is 37.6 Å². The summed E-state index contributed by atoms with van der Waals surface area (Å²) in [6.45, 7) is 15.0. The van der Waals surface area contributed by atoms with E-state index in [1.807, 2.05) is 4.90 Å². The summed E-state index contributed by atoms with van der Waals surface area (Å²) >= 11 is 0. The van der Waals surface area contributed by atoms with Gasteiger partial charge in [0.05, 0.1) is 17.4 Å². The molecule has 1 saturated carbocycles. The van der Waals surface area contributed by atoms with Crippen LogP contribution in [0.5, 0.6) is 0 Å². The standard InChI is InChI=1S/C25H38N2O3S/c1-7-26(8-2)20-11-9-19(10-12-20)16-27(21-13-14-31(29,30)17-21)24(28)23-22(15-18(3)4)25(23,5)6/h9-12,15,21-23H,7-8,13-14,16-17H2,1-6H3/t21-,22-,23+/m1/s1. The lowest BCUT2D eigenvalue weighted by Crippen LogP contribution is -2.42. The Morgan fingerprint density at radius 2 is 1.74 bits per heavy atom. The van der Waals surface area contributed by atoms with Gasteiger partial charge in [-0.3, -0.25) is 4.79 Å². The zero-order valence-corrected chi connectivity index (χ0v) is 20.7. The van der Waals surface area contributed by atoms with Crippen molar-refractivity contribution in [3.63, 3.8) is 0 Å². The summed E-state index contributed by atoms with van der Waals surface area (Å²) < 4.78 is 24.4. The largest absolute Gasteiger partial charge is 0.372 e. The minimum absolute atomic E-state index is 0.0801. The number of nitrogens with zero attached hydrogens (tertiary/aromatic N) is 2. The molecule has 0 aromatic heterocycles. The molecular weight excluding hydrogens is 408 g/mol. The van der Waals surface area contributed by atoms with E-state index < -0.39 is 9.84 Å². The number of hydrogen-bond donors (Lipinski definition) is 0. The van der Waals surface area contributed by atoms with Crippen LogP contribution >= 0.6 is 0 Å². The summed E-state index contributed by atoms with van der Waals surface area (Å²) in [5.41, 5.74) is 3.35. The summed E-state index contributed by atoms with van der Waals surface area (Å²) in [5.74, 6) is 0.489. The van der Waals surface area contributed by atoms with Crippen LogP contribution in [0.4, 0.5) is 5.69 Å². The first kappa shape index (κ1) is 23.8. The molecule has 0 radical (unpaired) electrons. The summed E-state index contributed by atoms with van der Waals surface area (Å²) in [4.78, 5) is 17.8. The molecule has 2 aliphatic rings. The lowest BCUT2D eigenvalue weighted by molar-refractivity contribution is -0.136. The first-order valence-electron chi connectivity index (χ1n) is 11.5. The molecule has 0 spiro atoms. The van der Waals surface area contributed by atoms with Crippen molar-refractivity contribution in [3.05, 3.63) is 41.5 Å². The van der Waals surface area contributed by atoms with Crippen LogP contribution in [0.15, 0.2) is 35.9 Å². The van der Waals surface area contributed by atoms with Crippen molar-refractivity contribution in [3.8, 4) is 0 Å². The van der Waals surface area contributed by atoms with Gasteiger partial charge in [0.1, 0.15) is 0 Å². The molecule has 3 atom stereocenters. The van der Waals surface area contributed by atoms with Gasteiger partial charge in [0.15, 0.2) is 9.84 Å². The summed E-state index contributed by atoms with van der Waals surface area (Å²) in [5, 5.41) is 0. The zero-order valence-electron chi connectivity index (χ0n) is 19.9. The number of carbonyl (C=O) groups is 1. The van der Waals surface area contributed by atoms with E-state index in [0.29, 0.717) is 13.0 Å². The Morgan fingerprint density at radius 3 is 2.23 bits per heavy atom. The van der Waals surface area contributed by atoms with Gasteiger partial charge >= 0.3 is 0 Å². The Morgan fingerprint density at radius 1 is 1.13 bits per heavy atom. The zero-order chi connectivity index (χ0) is 23.0. The predicted octanol–water partition coefficient (Wildman–Crippen LogP) is 4.29. The van der Waals surface area contributed by atoms with E-state index >= 15 is 0 Å². The fraction of sp³-hybridized carbons (Fsp3) is 0.640.